The Morgan fingerprint density at radius 2 is 1.88 bits per heavy atom. The zero-order valence-electron chi connectivity index (χ0n) is 13.4. The minimum Gasteiger partial charge on any atom is -0.383 e. The van der Waals surface area contributed by atoms with Crippen LogP contribution in [0.4, 0.5) is 11.5 Å². The molecule has 4 aromatic rings. The maximum atomic E-state index is 12.7. The molecule has 0 fully saturated rings. The zero-order chi connectivity index (χ0) is 17.9. The minimum atomic E-state index is -0.450. The first-order chi connectivity index (χ1) is 12.7. The molecule has 1 amide bonds. The molecule has 9 nitrogen and oxygen atoms in total. The number of pyridine rings is 2. The Hall–Kier alpha value is -4.01. The molecule has 128 valence electrons. The molecule has 4 rings (SSSR count). The van der Waals surface area contributed by atoms with Crippen LogP contribution < -0.4 is 15.9 Å². The number of rotatable bonds is 4. The molecule has 0 aliphatic carbocycles. The van der Waals surface area contributed by atoms with Crippen LogP contribution >= 0.6 is 0 Å². The lowest BCUT2D eigenvalue weighted by Crippen LogP contribution is -2.18. The molecule has 3 aromatic heterocycles. The molecule has 26 heavy (non-hydrogen) atoms. The Labute approximate surface area is 147 Å². The van der Waals surface area contributed by atoms with Crippen molar-refractivity contribution >= 4 is 28.6 Å². The molecular formula is C17H13N7O2. The van der Waals surface area contributed by atoms with E-state index in [1.54, 1.807) is 30.5 Å². The summed E-state index contributed by atoms with van der Waals surface area (Å²) < 4.78 is 0. The number of nitrogen functional groups attached to an aromatic ring is 1. The molecule has 0 saturated carbocycles. The van der Waals surface area contributed by atoms with Crippen molar-refractivity contribution in [2.24, 2.45) is 0 Å². The highest BCUT2D eigenvalue weighted by Gasteiger charge is 2.20. The smallest absolute Gasteiger partial charge is 0.263 e. The lowest BCUT2D eigenvalue weighted by Gasteiger charge is -2.12. The minimum absolute atomic E-state index is 0.0355. The number of nitrogens with two attached hydrogens (primary N) is 1. The normalized spacial score (nSPS) is 10.6. The van der Waals surface area contributed by atoms with Gasteiger partial charge in [-0.2, -0.15) is 0 Å². The van der Waals surface area contributed by atoms with Gasteiger partial charge in [-0.15, -0.1) is 5.10 Å². The number of carbonyl (C=O) groups is 1. The van der Waals surface area contributed by atoms with Crippen LogP contribution in [0.3, 0.4) is 0 Å². The van der Waals surface area contributed by atoms with E-state index in [9.17, 15) is 4.79 Å². The standard InChI is InChI=1S/C17H13N7O2/c18-15-14(17(25)21-11-5-2-1-3-6-11)13(8-10-19-15)26-24-16-12(22-23-24)7-4-9-20-16/h1-10H,(H2,18,19)(H,21,25). The third-order valence-electron chi connectivity index (χ3n) is 3.57. The van der Waals surface area contributed by atoms with Crippen molar-refractivity contribution in [3.05, 3.63) is 66.5 Å². The third kappa shape index (κ3) is 2.88. The van der Waals surface area contributed by atoms with Crippen molar-refractivity contribution in [3.63, 3.8) is 0 Å². The molecule has 9 heteroatoms. The van der Waals surface area contributed by atoms with Gasteiger partial charge in [0.05, 0.1) is 0 Å². The van der Waals surface area contributed by atoms with E-state index < -0.39 is 5.91 Å². The summed E-state index contributed by atoms with van der Waals surface area (Å²) in [5.41, 5.74) is 7.60. The number of amides is 1. The summed E-state index contributed by atoms with van der Waals surface area (Å²) in [5.74, 6) is -0.231. The average Bonchev–Trinajstić information content (AvgIpc) is 3.06. The van der Waals surface area contributed by atoms with E-state index in [0.717, 1.165) is 4.85 Å². The molecule has 0 unspecified atom stereocenters. The zero-order valence-corrected chi connectivity index (χ0v) is 13.4. The lowest BCUT2D eigenvalue weighted by atomic mass is 10.2. The van der Waals surface area contributed by atoms with Crippen molar-refractivity contribution in [1.29, 1.82) is 0 Å². The summed E-state index contributed by atoms with van der Waals surface area (Å²) in [4.78, 5) is 27.6. The fraction of sp³-hybridized carbons (Fsp3) is 0. The number of carbonyl (C=O) groups excluding carboxylic acids is 1. The van der Waals surface area contributed by atoms with Crippen molar-refractivity contribution in [3.8, 4) is 5.75 Å². The van der Waals surface area contributed by atoms with Gasteiger partial charge in [-0.25, -0.2) is 9.97 Å². The fourth-order valence-electron chi connectivity index (χ4n) is 2.38. The van der Waals surface area contributed by atoms with Gasteiger partial charge in [-0.3, -0.25) is 4.79 Å². The first kappa shape index (κ1) is 15.5. The highest BCUT2D eigenvalue weighted by Crippen LogP contribution is 2.24. The van der Waals surface area contributed by atoms with Crippen LogP contribution in [-0.2, 0) is 0 Å². The van der Waals surface area contributed by atoms with Gasteiger partial charge in [0.25, 0.3) is 5.91 Å². The fourth-order valence-corrected chi connectivity index (χ4v) is 2.38. The van der Waals surface area contributed by atoms with E-state index in [1.807, 2.05) is 18.2 Å². The van der Waals surface area contributed by atoms with Crippen molar-refractivity contribution in [2.45, 2.75) is 0 Å². The Morgan fingerprint density at radius 3 is 2.73 bits per heavy atom. The lowest BCUT2D eigenvalue weighted by molar-refractivity contribution is 0.101. The molecule has 0 spiro atoms. The van der Waals surface area contributed by atoms with Crippen molar-refractivity contribution in [2.75, 3.05) is 11.1 Å². The van der Waals surface area contributed by atoms with Gasteiger partial charge in [-0.05, 0) is 29.5 Å². The SMILES string of the molecule is Nc1nccc(On2nnc3cccnc32)c1C(=O)Nc1ccccc1. The van der Waals surface area contributed by atoms with E-state index >= 15 is 0 Å². The van der Waals surface area contributed by atoms with Gasteiger partial charge in [0.1, 0.15) is 16.9 Å². The molecule has 0 aliphatic heterocycles. The molecule has 0 saturated heterocycles. The molecule has 0 bridgehead atoms. The molecule has 0 aliphatic rings. The average molecular weight is 347 g/mol. The predicted molar refractivity (Wildman–Crippen MR) is 94.4 cm³/mol. The highest BCUT2D eigenvalue weighted by molar-refractivity contribution is 6.09. The van der Waals surface area contributed by atoms with Crippen LogP contribution in [-0.4, -0.2) is 31.0 Å². The number of nitrogens with zero attached hydrogens (tertiary/aromatic N) is 5. The van der Waals surface area contributed by atoms with Gasteiger partial charge >= 0.3 is 0 Å². The van der Waals surface area contributed by atoms with Gasteiger partial charge in [-0.1, -0.05) is 23.0 Å². The van der Waals surface area contributed by atoms with Gasteiger partial charge in [0.15, 0.2) is 5.75 Å². The Balaban J connectivity index is 1.69. The number of benzene rings is 1. The van der Waals surface area contributed by atoms with E-state index in [4.69, 9.17) is 10.6 Å². The number of anilines is 2. The van der Waals surface area contributed by atoms with Crippen LogP contribution in [0.2, 0.25) is 0 Å². The largest absolute Gasteiger partial charge is 0.383 e. The van der Waals surface area contributed by atoms with Crippen molar-refractivity contribution < 1.29 is 9.63 Å². The van der Waals surface area contributed by atoms with Crippen LogP contribution in [0.15, 0.2) is 60.9 Å². The first-order valence-corrected chi connectivity index (χ1v) is 7.68. The maximum absolute atomic E-state index is 12.7. The highest BCUT2D eigenvalue weighted by atomic mass is 16.7. The third-order valence-corrected chi connectivity index (χ3v) is 3.57. The number of nitrogens with one attached hydrogen (secondary N) is 1. The van der Waals surface area contributed by atoms with Crippen molar-refractivity contribution in [1.82, 2.24) is 25.1 Å². The molecule has 0 atom stereocenters. The topological polar surface area (TPSA) is 121 Å². The number of hydrogen-bond acceptors (Lipinski definition) is 7. The monoisotopic (exact) mass is 347 g/mol. The summed E-state index contributed by atoms with van der Waals surface area (Å²) in [5, 5.41) is 10.6. The Bertz CT molecular complexity index is 1080. The number of aromatic nitrogens is 5. The summed E-state index contributed by atoms with van der Waals surface area (Å²) in [7, 11) is 0. The molecule has 0 radical (unpaired) electrons. The second kappa shape index (κ2) is 6.48. The Morgan fingerprint density at radius 1 is 1.04 bits per heavy atom. The number of para-hydroxylation sites is 1. The van der Waals surface area contributed by atoms with Crippen LogP contribution in [0, 0.1) is 0 Å². The first-order valence-electron chi connectivity index (χ1n) is 7.68. The summed E-state index contributed by atoms with van der Waals surface area (Å²) in [6, 6.07) is 14.0. The number of hydrogen-bond donors (Lipinski definition) is 2. The van der Waals surface area contributed by atoms with Gasteiger partial charge < -0.3 is 15.9 Å². The van der Waals surface area contributed by atoms with E-state index in [0.29, 0.717) is 16.9 Å². The molecular weight excluding hydrogens is 334 g/mol. The maximum Gasteiger partial charge on any atom is 0.263 e. The Kier molecular flexibility index (Phi) is 3.86. The van der Waals surface area contributed by atoms with Crippen LogP contribution in [0.5, 0.6) is 5.75 Å². The van der Waals surface area contributed by atoms with E-state index in [1.165, 1.54) is 12.3 Å². The van der Waals surface area contributed by atoms with E-state index in [-0.39, 0.29) is 17.1 Å². The summed E-state index contributed by atoms with van der Waals surface area (Å²) in [6.07, 6.45) is 3.03. The van der Waals surface area contributed by atoms with E-state index in [2.05, 4.69) is 25.6 Å². The number of fused-ring (bicyclic) bond motifs is 1. The molecule has 3 heterocycles. The quantitative estimate of drug-likeness (QED) is 0.578. The second-order valence-corrected chi connectivity index (χ2v) is 5.29. The molecule has 3 N–H and O–H groups in total. The van der Waals surface area contributed by atoms with Gasteiger partial charge in [0.2, 0.25) is 5.65 Å². The second-order valence-electron chi connectivity index (χ2n) is 5.29. The summed E-state index contributed by atoms with van der Waals surface area (Å²) in [6.45, 7) is 0. The van der Waals surface area contributed by atoms with Gasteiger partial charge in [0, 0.05) is 24.1 Å². The molecule has 1 aromatic carbocycles. The van der Waals surface area contributed by atoms with Crippen LogP contribution in [0.1, 0.15) is 10.4 Å². The van der Waals surface area contributed by atoms with Crippen LogP contribution in [0.25, 0.3) is 11.2 Å². The predicted octanol–water partition coefficient (Wildman–Crippen LogP) is 1.90. The summed E-state index contributed by atoms with van der Waals surface area (Å²) >= 11 is 0.